The van der Waals surface area contributed by atoms with Crippen LogP contribution in [-0.2, 0) is 4.74 Å². The Labute approximate surface area is 105 Å². The molecule has 1 saturated heterocycles. The molecule has 3 nitrogen and oxygen atoms in total. The van der Waals surface area contributed by atoms with Gasteiger partial charge in [0.15, 0.2) is 0 Å². The average Bonchev–Trinajstić information content (AvgIpc) is 2.27. The third kappa shape index (κ3) is 2.14. The molecule has 18 heavy (non-hydrogen) atoms. The number of alkyl halides is 3. The lowest BCUT2D eigenvalue weighted by atomic mass is 9.46. The number of nitrogens with two attached hydrogens (primary N) is 1. The van der Waals surface area contributed by atoms with E-state index in [0.29, 0.717) is 0 Å². The zero-order chi connectivity index (χ0) is 13.6. The summed E-state index contributed by atoms with van der Waals surface area (Å²) in [6.45, 7) is 3.89. The van der Waals surface area contributed by atoms with Gasteiger partial charge >= 0.3 is 6.18 Å². The zero-order valence-corrected chi connectivity index (χ0v) is 10.8. The van der Waals surface area contributed by atoms with Crippen LogP contribution in [0.4, 0.5) is 13.2 Å². The Bertz CT molecular complexity index is 319. The predicted octanol–water partition coefficient (Wildman–Crippen LogP) is 1.67. The second kappa shape index (κ2) is 4.35. The van der Waals surface area contributed by atoms with Crippen LogP contribution >= 0.6 is 0 Å². The number of hydrogen-bond acceptors (Lipinski definition) is 3. The van der Waals surface area contributed by atoms with E-state index in [1.165, 1.54) is 0 Å². The normalized spacial score (nSPS) is 39.0. The molecule has 1 saturated carbocycles. The number of nitrogens with one attached hydrogen (secondary N) is 1. The standard InChI is InChI=1S/C12H21F3N2O/c1-10(2)9-8(4-3-5-18-9)11(10,16)6-17-7-12(13,14)15/h8-9,17H,3-7,16H2,1-2H3. The molecule has 0 spiro atoms. The lowest BCUT2D eigenvalue weighted by molar-refractivity contribution is -0.227. The molecule has 0 radical (unpaired) electrons. The van der Waals surface area contributed by atoms with Crippen molar-refractivity contribution in [2.24, 2.45) is 17.1 Å². The van der Waals surface area contributed by atoms with Crippen LogP contribution in [0, 0.1) is 11.3 Å². The fourth-order valence-corrected chi connectivity index (χ4v) is 3.44. The van der Waals surface area contributed by atoms with Gasteiger partial charge < -0.3 is 15.8 Å². The summed E-state index contributed by atoms with van der Waals surface area (Å²) in [5.41, 5.74) is 5.47. The Morgan fingerprint density at radius 2 is 2.06 bits per heavy atom. The van der Waals surface area contributed by atoms with Gasteiger partial charge in [0.2, 0.25) is 0 Å². The van der Waals surface area contributed by atoms with E-state index in [0.717, 1.165) is 19.4 Å². The maximum absolute atomic E-state index is 12.2. The molecule has 0 aromatic rings. The van der Waals surface area contributed by atoms with Crippen LogP contribution in [0.5, 0.6) is 0 Å². The van der Waals surface area contributed by atoms with Crippen LogP contribution in [0.25, 0.3) is 0 Å². The zero-order valence-electron chi connectivity index (χ0n) is 10.8. The molecule has 1 aliphatic carbocycles. The molecule has 2 fully saturated rings. The Morgan fingerprint density at radius 1 is 1.39 bits per heavy atom. The Kier molecular flexibility index (Phi) is 3.41. The molecule has 0 bridgehead atoms. The highest BCUT2D eigenvalue weighted by Crippen LogP contribution is 2.56. The molecule has 1 aliphatic heterocycles. The highest BCUT2D eigenvalue weighted by molar-refractivity contribution is 5.20. The average molecular weight is 266 g/mol. The first-order chi connectivity index (χ1) is 8.18. The third-order valence-electron chi connectivity index (χ3n) is 4.64. The van der Waals surface area contributed by atoms with Gasteiger partial charge in [-0.15, -0.1) is 0 Å². The SMILES string of the molecule is CC1(C)C2OCCCC2C1(N)CNCC(F)(F)F. The van der Waals surface area contributed by atoms with Gasteiger partial charge in [-0.05, 0) is 12.8 Å². The molecular weight excluding hydrogens is 245 g/mol. The van der Waals surface area contributed by atoms with Gasteiger partial charge in [0, 0.05) is 30.0 Å². The van der Waals surface area contributed by atoms with Gasteiger partial charge in [0.1, 0.15) is 0 Å². The molecule has 1 heterocycles. The minimum Gasteiger partial charge on any atom is -0.377 e. The molecule has 2 rings (SSSR count). The van der Waals surface area contributed by atoms with Crippen molar-refractivity contribution in [2.45, 2.75) is 44.5 Å². The van der Waals surface area contributed by atoms with Crippen molar-refractivity contribution in [1.29, 1.82) is 0 Å². The fourth-order valence-electron chi connectivity index (χ4n) is 3.44. The van der Waals surface area contributed by atoms with Crippen LogP contribution in [0.15, 0.2) is 0 Å². The van der Waals surface area contributed by atoms with E-state index < -0.39 is 18.3 Å². The molecule has 0 amide bonds. The third-order valence-corrected chi connectivity index (χ3v) is 4.64. The van der Waals surface area contributed by atoms with E-state index >= 15 is 0 Å². The summed E-state index contributed by atoms with van der Waals surface area (Å²) in [5.74, 6) is 0.169. The topological polar surface area (TPSA) is 47.3 Å². The van der Waals surface area contributed by atoms with Gasteiger partial charge in [0.05, 0.1) is 12.6 Å². The highest BCUT2D eigenvalue weighted by Gasteiger charge is 2.66. The second-order valence-corrected chi connectivity index (χ2v) is 6.02. The predicted molar refractivity (Wildman–Crippen MR) is 62.1 cm³/mol. The molecule has 3 unspecified atom stereocenters. The van der Waals surface area contributed by atoms with Crippen molar-refractivity contribution in [3.8, 4) is 0 Å². The van der Waals surface area contributed by atoms with E-state index in [1.54, 1.807) is 0 Å². The van der Waals surface area contributed by atoms with Crippen molar-refractivity contribution in [3.05, 3.63) is 0 Å². The maximum atomic E-state index is 12.2. The van der Waals surface area contributed by atoms with Crippen molar-refractivity contribution < 1.29 is 17.9 Å². The van der Waals surface area contributed by atoms with Crippen molar-refractivity contribution in [2.75, 3.05) is 19.7 Å². The summed E-state index contributed by atoms with van der Waals surface area (Å²) in [7, 11) is 0. The Balaban J connectivity index is 1.97. The number of ether oxygens (including phenoxy) is 1. The van der Waals surface area contributed by atoms with Gasteiger partial charge in [-0.2, -0.15) is 13.2 Å². The summed E-state index contributed by atoms with van der Waals surface area (Å²) in [6.07, 6.45) is -2.22. The minimum absolute atomic E-state index is 0.0870. The van der Waals surface area contributed by atoms with E-state index in [4.69, 9.17) is 10.5 Å². The summed E-state index contributed by atoms with van der Waals surface area (Å²) in [5, 5.41) is 2.45. The van der Waals surface area contributed by atoms with Crippen LogP contribution in [-0.4, -0.2) is 37.5 Å². The first-order valence-corrected chi connectivity index (χ1v) is 6.36. The van der Waals surface area contributed by atoms with Gasteiger partial charge in [-0.1, -0.05) is 13.8 Å². The van der Waals surface area contributed by atoms with Crippen molar-refractivity contribution in [1.82, 2.24) is 5.32 Å². The molecule has 3 N–H and O–H groups in total. The van der Waals surface area contributed by atoms with Crippen LogP contribution in [0.1, 0.15) is 26.7 Å². The number of halogens is 3. The molecule has 0 aromatic carbocycles. The highest BCUT2D eigenvalue weighted by atomic mass is 19.4. The van der Waals surface area contributed by atoms with Crippen LogP contribution in [0.3, 0.4) is 0 Å². The van der Waals surface area contributed by atoms with Gasteiger partial charge in [-0.3, -0.25) is 0 Å². The maximum Gasteiger partial charge on any atom is 0.401 e. The Morgan fingerprint density at radius 3 is 2.67 bits per heavy atom. The second-order valence-electron chi connectivity index (χ2n) is 6.02. The monoisotopic (exact) mass is 266 g/mol. The number of rotatable bonds is 3. The summed E-state index contributed by atoms with van der Waals surface area (Å²) < 4.78 is 42.2. The van der Waals surface area contributed by atoms with Gasteiger partial charge in [-0.25, -0.2) is 0 Å². The van der Waals surface area contributed by atoms with E-state index in [2.05, 4.69) is 5.32 Å². The van der Waals surface area contributed by atoms with Crippen molar-refractivity contribution in [3.63, 3.8) is 0 Å². The van der Waals surface area contributed by atoms with Crippen LogP contribution in [0.2, 0.25) is 0 Å². The van der Waals surface area contributed by atoms with Crippen molar-refractivity contribution >= 4 is 0 Å². The van der Waals surface area contributed by atoms with Gasteiger partial charge in [0.25, 0.3) is 0 Å². The summed E-state index contributed by atoms with van der Waals surface area (Å²) in [6, 6.07) is 0. The molecular formula is C12H21F3N2O. The minimum atomic E-state index is -4.19. The van der Waals surface area contributed by atoms with E-state index in [9.17, 15) is 13.2 Å². The van der Waals surface area contributed by atoms with Crippen LogP contribution < -0.4 is 11.1 Å². The smallest absolute Gasteiger partial charge is 0.377 e. The quantitative estimate of drug-likeness (QED) is 0.817. The van der Waals surface area contributed by atoms with E-state index in [1.807, 2.05) is 13.8 Å². The van der Waals surface area contributed by atoms with E-state index in [-0.39, 0.29) is 24.0 Å². The summed E-state index contributed by atoms with van der Waals surface area (Å²) in [4.78, 5) is 0. The summed E-state index contributed by atoms with van der Waals surface area (Å²) >= 11 is 0. The molecule has 106 valence electrons. The first kappa shape index (κ1) is 14.1. The first-order valence-electron chi connectivity index (χ1n) is 6.36. The fraction of sp³-hybridized carbons (Fsp3) is 1.00. The Hall–Kier alpha value is -0.330. The molecule has 2 aliphatic rings. The molecule has 3 atom stereocenters. The lowest BCUT2D eigenvalue weighted by Gasteiger charge is -2.66. The largest absolute Gasteiger partial charge is 0.401 e. The number of fused-ring (bicyclic) bond motifs is 1. The lowest BCUT2D eigenvalue weighted by Crippen LogP contribution is -2.80. The number of hydrogen-bond donors (Lipinski definition) is 2. The molecule has 0 aromatic heterocycles. The molecule has 6 heteroatoms.